The first kappa shape index (κ1) is 32.7. The lowest BCUT2D eigenvalue weighted by atomic mass is 9.98. The minimum Gasteiger partial charge on any atom is -0.491 e. The second-order valence-corrected chi connectivity index (χ2v) is 12.5. The lowest BCUT2D eigenvalue weighted by Gasteiger charge is -2.34. The topological polar surface area (TPSA) is 127 Å². The lowest BCUT2D eigenvalue weighted by molar-refractivity contribution is -0.133. The molecule has 244 valence electrons. The molecule has 0 spiro atoms. The van der Waals surface area contributed by atoms with Crippen LogP contribution in [0.3, 0.4) is 0 Å². The molecule has 0 atom stereocenters. The van der Waals surface area contributed by atoms with Crippen molar-refractivity contribution < 1.29 is 29.3 Å². The van der Waals surface area contributed by atoms with Gasteiger partial charge in [0.25, 0.3) is 5.91 Å². The Kier molecular flexibility index (Phi) is 11.6. The molecular formula is C34H47N5O6. The Balaban J connectivity index is 1.41. The van der Waals surface area contributed by atoms with Crippen LogP contribution in [0.4, 0.5) is 11.4 Å². The fourth-order valence-corrected chi connectivity index (χ4v) is 6.41. The Morgan fingerprint density at radius 3 is 2.09 bits per heavy atom. The normalized spacial score (nSPS) is 19.4. The Morgan fingerprint density at radius 2 is 1.42 bits per heavy atom. The minimum atomic E-state index is -0.264. The van der Waals surface area contributed by atoms with Crippen molar-refractivity contribution in [3.63, 3.8) is 0 Å². The molecule has 3 aliphatic rings. The highest BCUT2D eigenvalue weighted by atomic mass is 16.5. The van der Waals surface area contributed by atoms with E-state index >= 15 is 0 Å². The fourth-order valence-electron chi connectivity index (χ4n) is 6.41. The van der Waals surface area contributed by atoms with E-state index in [-0.39, 0.29) is 55.9 Å². The molecule has 11 heteroatoms. The van der Waals surface area contributed by atoms with Gasteiger partial charge in [-0.25, -0.2) is 0 Å². The zero-order chi connectivity index (χ0) is 31.6. The Labute approximate surface area is 265 Å². The van der Waals surface area contributed by atoms with Gasteiger partial charge >= 0.3 is 0 Å². The standard InChI is InChI=1S/C34H47N5O6/c40-24-26-9-14-36(15-10-26)32(42)22-38-13-5-1-2-6-18-45-31-8-4-3-7-30(31)39(29-19-28(34(38)44)20-35-21-29)23-33(43)37-16-11-27(25-41)12-17-37/h3-4,7-8,19-21,26-27,40-41H,1-2,5-6,9-18,22-25H2. The average molecular weight is 622 g/mol. The van der Waals surface area contributed by atoms with Crippen LogP contribution in [0.5, 0.6) is 5.75 Å². The molecule has 0 aliphatic carbocycles. The first-order valence-corrected chi connectivity index (χ1v) is 16.5. The number of rotatable bonds is 6. The maximum Gasteiger partial charge on any atom is 0.255 e. The molecule has 2 N–H and O–H groups in total. The van der Waals surface area contributed by atoms with E-state index in [4.69, 9.17) is 4.74 Å². The number of hydrogen-bond acceptors (Lipinski definition) is 8. The van der Waals surface area contributed by atoms with Crippen LogP contribution >= 0.6 is 0 Å². The number of nitrogens with zero attached hydrogens (tertiary/aromatic N) is 5. The minimum absolute atomic E-state index is 0.00914. The van der Waals surface area contributed by atoms with Crippen LogP contribution in [0, 0.1) is 11.8 Å². The largest absolute Gasteiger partial charge is 0.491 e. The first-order valence-electron chi connectivity index (χ1n) is 16.5. The molecule has 45 heavy (non-hydrogen) atoms. The van der Waals surface area contributed by atoms with E-state index in [0.717, 1.165) is 57.1 Å². The van der Waals surface area contributed by atoms with E-state index in [1.807, 2.05) is 34.1 Å². The quantitative estimate of drug-likeness (QED) is 0.504. The van der Waals surface area contributed by atoms with Gasteiger partial charge in [0, 0.05) is 52.1 Å². The lowest BCUT2D eigenvalue weighted by Crippen LogP contribution is -2.46. The number of hydrogen-bond donors (Lipinski definition) is 2. The predicted octanol–water partition coefficient (Wildman–Crippen LogP) is 3.08. The molecule has 4 heterocycles. The van der Waals surface area contributed by atoms with E-state index in [2.05, 4.69) is 4.98 Å². The number of likely N-dealkylation sites (tertiary alicyclic amines) is 2. The van der Waals surface area contributed by atoms with Crippen LogP contribution < -0.4 is 9.64 Å². The number of aliphatic hydroxyl groups is 2. The highest BCUT2D eigenvalue weighted by molar-refractivity contribution is 5.97. The third-order valence-corrected chi connectivity index (χ3v) is 9.38. The van der Waals surface area contributed by atoms with Crippen molar-refractivity contribution >= 4 is 29.1 Å². The number of carbonyl (C=O) groups is 3. The molecule has 2 fully saturated rings. The monoisotopic (exact) mass is 621 g/mol. The second kappa shape index (κ2) is 16.0. The number of para-hydroxylation sites is 2. The van der Waals surface area contributed by atoms with Gasteiger partial charge in [-0.3, -0.25) is 19.4 Å². The summed E-state index contributed by atoms with van der Waals surface area (Å²) in [5.74, 6) is 0.706. The highest BCUT2D eigenvalue weighted by Crippen LogP contribution is 2.34. The van der Waals surface area contributed by atoms with E-state index < -0.39 is 0 Å². The number of fused-ring (bicyclic) bond motifs is 3. The van der Waals surface area contributed by atoms with Gasteiger partial charge in [-0.05, 0) is 68.6 Å². The third kappa shape index (κ3) is 8.52. The maximum atomic E-state index is 14.0. The molecule has 5 rings (SSSR count). The summed E-state index contributed by atoms with van der Waals surface area (Å²) in [6, 6.07) is 9.38. The molecule has 0 radical (unpaired) electrons. The SMILES string of the molecule is O=C(CN1CCCCCCOc2ccccc2N(CC(=O)N2CCC(CO)CC2)c2cncc(c2)C1=O)N1CCC(CO)CC1. The maximum absolute atomic E-state index is 14.0. The average Bonchev–Trinajstić information content (AvgIpc) is 3.09. The van der Waals surface area contributed by atoms with Gasteiger partial charge < -0.3 is 34.5 Å². The summed E-state index contributed by atoms with van der Waals surface area (Å²) < 4.78 is 6.24. The number of piperidine rings is 2. The Morgan fingerprint density at radius 1 is 0.800 bits per heavy atom. The number of amides is 3. The zero-order valence-corrected chi connectivity index (χ0v) is 26.2. The molecule has 3 amide bonds. The molecule has 1 aromatic heterocycles. The van der Waals surface area contributed by atoms with E-state index in [1.165, 1.54) is 6.20 Å². The summed E-state index contributed by atoms with van der Waals surface area (Å²) in [5, 5.41) is 19.0. The van der Waals surface area contributed by atoms with Gasteiger partial charge in [-0.1, -0.05) is 25.0 Å². The molecular weight excluding hydrogens is 574 g/mol. The summed E-state index contributed by atoms with van der Waals surface area (Å²) in [5.41, 5.74) is 1.66. The Hall–Kier alpha value is -3.70. The number of anilines is 2. The van der Waals surface area contributed by atoms with Crippen molar-refractivity contribution in [2.45, 2.75) is 51.4 Å². The van der Waals surface area contributed by atoms with Crippen molar-refractivity contribution in [1.82, 2.24) is 19.7 Å². The predicted molar refractivity (Wildman–Crippen MR) is 170 cm³/mol. The van der Waals surface area contributed by atoms with Gasteiger partial charge in [0.05, 0.1) is 29.7 Å². The number of carbonyl (C=O) groups excluding carboxylic acids is 3. The van der Waals surface area contributed by atoms with Crippen molar-refractivity contribution in [3.05, 3.63) is 48.3 Å². The van der Waals surface area contributed by atoms with Crippen LogP contribution in [-0.4, -0.2) is 113 Å². The number of aromatic nitrogens is 1. The first-order chi connectivity index (χ1) is 22.0. The number of ether oxygens (including phenoxy) is 1. The van der Waals surface area contributed by atoms with Gasteiger partial charge in [0.1, 0.15) is 18.8 Å². The summed E-state index contributed by atoms with van der Waals surface area (Å²) in [6.07, 6.45) is 9.67. The zero-order valence-electron chi connectivity index (χ0n) is 26.2. The second-order valence-electron chi connectivity index (χ2n) is 12.5. The van der Waals surface area contributed by atoms with Crippen molar-refractivity contribution in [2.24, 2.45) is 11.8 Å². The number of pyridine rings is 1. The van der Waals surface area contributed by atoms with E-state index in [0.29, 0.717) is 56.3 Å². The van der Waals surface area contributed by atoms with Gasteiger partial charge in [-0.15, -0.1) is 0 Å². The van der Waals surface area contributed by atoms with Crippen LogP contribution in [-0.2, 0) is 9.59 Å². The molecule has 2 bridgehead atoms. The van der Waals surface area contributed by atoms with Crippen LogP contribution in [0.25, 0.3) is 0 Å². The number of benzene rings is 1. The van der Waals surface area contributed by atoms with E-state index in [9.17, 15) is 24.6 Å². The Bertz CT molecular complexity index is 1290. The van der Waals surface area contributed by atoms with E-state index in [1.54, 1.807) is 22.1 Å². The summed E-state index contributed by atoms with van der Waals surface area (Å²) in [6.45, 7) is 3.63. The van der Waals surface area contributed by atoms with Crippen LogP contribution in [0.2, 0.25) is 0 Å². The molecule has 0 saturated carbocycles. The van der Waals surface area contributed by atoms with Crippen molar-refractivity contribution in [2.75, 3.05) is 70.5 Å². The molecule has 2 aromatic rings. The van der Waals surface area contributed by atoms with Crippen molar-refractivity contribution in [1.29, 1.82) is 0 Å². The molecule has 1 aromatic carbocycles. The van der Waals surface area contributed by atoms with Crippen molar-refractivity contribution in [3.8, 4) is 5.75 Å². The van der Waals surface area contributed by atoms with Gasteiger partial charge in [-0.2, -0.15) is 0 Å². The summed E-state index contributed by atoms with van der Waals surface area (Å²) in [4.78, 5) is 52.5. The summed E-state index contributed by atoms with van der Waals surface area (Å²) >= 11 is 0. The molecule has 11 nitrogen and oxygen atoms in total. The van der Waals surface area contributed by atoms with Gasteiger partial charge in [0.2, 0.25) is 11.8 Å². The fraction of sp³-hybridized carbons (Fsp3) is 0.588. The highest BCUT2D eigenvalue weighted by Gasteiger charge is 2.29. The van der Waals surface area contributed by atoms with Gasteiger partial charge in [0.15, 0.2) is 0 Å². The molecule has 3 aliphatic heterocycles. The smallest absolute Gasteiger partial charge is 0.255 e. The third-order valence-electron chi connectivity index (χ3n) is 9.38. The molecule has 2 saturated heterocycles. The van der Waals surface area contributed by atoms with Crippen LogP contribution in [0.15, 0.2) is 42.7 Å². The summed E-state index contributed by atoms with van der Waals surface area (Å²) in [7, 11) is 0. The molecule has 0 unspecified atom stereocenters. The number of aliphatic hydroxyl groups excluding tert-OH is 2. The van der Waals surface area contributed by atoms with Crippen LogP contribution in [0.1, 0.15) is 61.7 Å².